The average Bonchev–Trinajstić information content (AvgIpc) is 2.23. The fourth-order valence-electron chi connectivity index (χ4n) is 1.51. The summed E-state index contributed by atoms with van der Waals surface area (Å²) in [5.74, 6) is 0.715. The SMILES string of the molecule is CSCC(C)(O)CNCc1cc(Br)ccc1Cl. The molecule has 0 aliphatic heterocycles. The molecule has 0 saturated carbocycles. The third-order valence-corrected chi connectivity index (χ3v) is 4.06. The monoisotopic (exact) mass is 337 g/mol. The zero-order valence-corrected chi connectivity index (χ0v) is 13.1. The highest BCUT2D eigenvalue weighted by Gasteiger charge is 2.18. The van der Waals surface area contributed by atoms with Gasteiger partial charge in [0.25, 0.3) is 0 Å². The normalized spacial score (nSPS) is 14.6. The van der Waals surface area contributed by atoms with Crippen molar-refractivity contribution in [3.63, 3.8) is 0 Å². The van der Waals surface area contributed by atoms with E-state index < -0.39 is 5.60 Å². The van der Waals surface area contributed by atoms with Gasteiger partial charge in [0.1, 0.15) is 0 Å². The van der Waals surface area contributed by atoms with Crippen LogP contribution in [-0.4, -0.2) is 29.3 Å². The number of hydrogen-bond donors (Lipinski definition) is 2. The maximum absolute atomic E-state index is 9.99. The summed E-state index contributed by atoms with van der Waals surface area (Å²) in [7, 11) is 0. The van der Waals surface area contributed by atoms with Gasteiger partial charge in [0.2, 0.25) is 0 Å². The van der Waals surface area contributed by atoms with Gasteiger partial charge in [-0.3, -0.25) is 0 Å². The van der Waals surface area contributed by atoms with E-state index in [1.54, 1.807) is 11.8 Å². The van der Waals surface area contributed by atoms with Crippen LogP contribution in [0.25, 0.3) is 0 Å². The van der Waals surface area contributed by atoms with E-state index >= 15 is 0 Å². The second-order valence-corrected chi connectivity index (χ2v) is 6.46. The first-order valence-corrected chi connectivity index (χ1v) is 7.87. The number of aliphatic hydroxyl groups is 1. The maximum atomic E-state index is 9.99. The highest BCUT2D eigenvalue weighted by molar-refractivity contribution is 9.10. The van der Waals surface area contributed by atoms with Gasteiger partial charge in [-0.1, -0.05) is 27.5 Å². The summed E-state index contributed by atoms with van der Waals surface area (Å²) in [4.78, 5) is 0. The van der Waals surface area contributed by atoms with Crippen molar-refractivity contribution in [3.8, 4) is 0 Å². The van der Waals surface area contributed by atoms with Crippen LogP contribution in [0.2, 0.25) is 5.02 Å². The van der Waals surface area contributed by atoms with E-state index in [0.717, 1.165) is 15.1 Å². The third kappa shape index (κ3) is 5.62. The van der Waals surface area contributed by atoms with Gasteiger partial charge in [0, 0.05) is 28.3 Å². The summed E-state index contributed by atoms with van der Waals surface area (Å²) in [6.45, 7) is 3.04. The Kier molecular flexibility index (Phi) is 6.31. The molecule has 0 amide bonds. The van der Waals surface area contributed by atoms with Crippen molar-refractivity contribution in [1.29, 1.82) is 0 Å². The first-order valence-electron chi connectivity index (χ1n) is 5.30. The lowest BCUT2D eigenvalue weighted by Gasteiger charge is -2.22. The van der Waals surface area contributed by atoms with E-state index in [1.165, 1.54) is 0 Å². The average molecular weight is 339 g/mol. The van der Waals surface area contributed by atoms with E-state index in [9.17, 15) is 5.11 Å². The molecule has 0 aromatic heterocycles. The first kappa shape index (κ1) is 15.3. The van der Waals surface area contributed by atoms with E-state index in [1.807, 2.05) is 31.4 Å². The lowest BCUT2D eigenvalue weighted by Crippen LogP contribution is -2.39. The van der Waals surface area contributed by atoms with Crippen LogP contribution in [-0.2, 0) is 6.54 Å². The smallest absolute Gasteiger partial charge is 0.0833 e. The van der Waals surface area contributed by atoms with E-state index in [4.69, 9.17) is 11.6 Å². The van der Waals surface area contributed by atoms with Gasteiger partial charge >= 0.3 is 0 Å². The van der Waals surface area contributed by atoms with Gasteiger partial charge in [0.05, 0.1) is 5.60 Å². The molecule has 0 aliphatic rings. The third-order valence-electron chi connectivity index (χ3n) is 2.28. The van der Waals surface area contributed by atoms with Crippen LogP contribution < -0.4 is 5.32 Å². The van der Waals surface area contributed by atoms with Crippen molar-refractivity contribution in [1.82, 2.24) is 5.32 Å². The number of nitrogens with one attached hydrogen (secondary N) is 1. The Bertz CT molecular complexity index is 374. The highest BCUT2D eigenvalue weighted by atomic mass is 79.9. The van der Waals surface area contributed by atoms with E-state index in [0.29, 0.717) is 18.8 Å². The van der Waals surface area contributed by atoms with Crippen molar-refractivity contribution in [2.75, 3.05) is 18.6 Å². The largest absolute Gasteiger partial charge is 0.388 e. The van der Waals surface area contributed by atoms with Crippen LogP contribution in [0.3, 0.4) is 0 Å². The molecule has 0 fully saturated rings. The van der Waals surface area contributed by atoms with Crippen LogP contribution in [0.15, 0.2) is 22.7 Å². The quantitative estimate of drug-likeness (QED) is 0.834. The van der Waals surface area contributed by atoms with Crippen molar-refractivity contribution in [3.05, 3.63) is 33.3 Å². The Labute approximate surface area is 120 Å². The second kappa shape index (κ2) is 7.00. The molecule has 17 heavy (non-hydrogen) atoms. The lowest BCUT2D eigenvalue weighted by atomic mass is 10.1. The van der Waals surface area contributed by atoms with Crippen LogP contribution in [0.4, 0.5) is 0 Å². The molecule has 0 saturated heterocycles. The molecule has 96 valence electrons. The molecular weight excluding hydrogens is 322 g/mol. The second-order valence-electron chi connectivity index (χ2n) is 4.27. The molecule has 0 radical (unpaired) electrons. The van der Waals surface area contributed by atoms with Crippen molar-refractivity contribution in [2.24, 2.45) is 0 Å². The predicted octanol–water partition coefficient (Wildman–Crippen LogP) is 3.31. The molecule has 2 nitrogen and oxygen atoms in total. The summed E-state index contributed by atoms with van der Waals surface area (Å²) in [6.07, 6.45) is 1.99. The standard InChI is InChI=1S/C12H17BrClNOS/c1-12(16,8-17-2)7-15-6-9-5-10(13)3-4-11(9)14/h3-5,15-16H,6-8H2,1-2H3. The van der Waals surface area contributed by atoms with Gasteiger partial charge in [-0.2, -0.15) is 11.8 Å². The summed E-state index contributed by atoms with van der Waals surface area (Å²) >= 11 is 11.1. The van der Waals surface area contributed by atoms with Gasteiger partial charge in [-0.15, -0.1) is 0 Å². The molecule has 2 N–H and O–H groups in total. The molecule has 1 rings (SSSR count). The Hall–Kier alpha value is 0.260. The molecule has 0 heterocycles. The molecule has 0 aliphatic carbocycles. The maximum Gasteiger partial charge on any atom is 0.0833 e. The number of thioether (sulfide) groups is 1. The number of hydrogen-bond acceptors (Lipinski definition) is 3. The number of rotatable bonds is 6. The van der Waals surface area contributed by atoms with Gasteiger partial charge in [-0.05, 0) is 36.9 Å². The molecule has 1 aromatic carbocycles. The Morgan fingerprint density at radius 1 is 1.53 bits per heavy atom. The van der Waals surface area contributed by atoms with Gasteiger partial charge < -0.3 is 10.4 Å². The minimum absolute atomic E-state index is 0.552. The zero-order chi connectivity index (χ0) is 12.9. The molecule has 0 bridgehead atoms. The van der Waals surface area contributed by atoms with Crippen LogP contribution in [0.5, 0.6) is 0 Å². The van der Waals surface area contributed by atoms with Gasteiger partial charge in [0.15, 0.2) is 0 Å². The highest BCUT2D eigenvalue weighted by Crippen LogP contribution is 2.21. The molecule has 0 spiro atoms. The Balaban J connectivity index is 2.48. The Morgan fingerprint density at radius 3 is 2.88 bits per heavy atom. The van der Waals surface area contributed by atoms with E-state index in [-0.39, 0.29) is 0 Å². The molecule has 5 heteroatoms. The molecule has 1 unspecified atom stereocenters. The Morgan fingerprint density at radius 2 is 2.24 bits per heavy atom. The van der Waals surface area contributed by atoms with Crippen molar-refractivity contribution < 1.29 is 5.11 Å². The zero-order valence-electron chi connectivity index (χ0n) is 9.96. The molecule has 1 aromatic rings. The summed E-state index contributed by atoms with van der Waals surface area (Å²) in [5.41, 5.74) is 0.346. The lowest BCUT2D eigenvalue weighted by molar-refractivity contribution is 0.0846. The predicted molar refractivity (Wildman–Crippen MR) is 79.9 cm³/mol. The number of benzene rings is 1. The summed E-state index contributed by atoms with van der Waals surface area (Å²) < 4.78 is 1.01. The fourth-order valence-corrected chi connectivity index (χ4v) is 2.82. The molecular formula is C12H17BrClNOS. The fraction of sp³-hybridized carbons (Fsp3) is 0.500. The van der Waals surface area contributed by atoms with Crippen LogP contribution in [0.1, 0.15) is 12.5 Å². The van der Waals surface area contributed by atoms with E-state index in [2.05, 4.69) is 21.2 Å². The summed E-state index contributed by atoms with van der Waals surface area (Å²) in [5, 5.41) is 14.0. The topological polar surface area (TPSA) is 32.3 Å². The van der Waals surface area contributed by atoms with Gasteiger partial charge in [-0.25, -0.2) is 0 Å². The van der Waals surface area contributed by atoms with Crippen LogP contribution in [0, 0.1) is 0 Å². The van der Waals surface area contributed by atoms with Crippen molar-refractivity contribution >= 4 is 39.3 Å². The van der Waals surface area contributed by atoms with Crippen molar-refractivity contribution in [2.45, 2.75) is 19.1 Å². The minimum Gasteiger partial charge on any atom is -0.388 e. The minimum atomic E-state index is -0.683. The molecule has 1 atom stereocenters. The number of halogens is 2. The van der Waals surface area contributed by atoms with Crippen LogP contribution >= 0.6 is 39.3 Å². The summed E-state index contributed by atoms with van der Waals surface area (Å²) in [6, 6.07) is 5.76. The first-order chi connectivity index (χ1) is 7.94.